The first kappa shape index (κ1) is 14.2. The number of anilines is 1. The molecule has 4 aromatic rings. The first-order chi connectivity index (χ1) is 11.7. The Bertz CT molecular complexity index is 993. The number of hydrogen-bond acceptors (Lipinski definition) is 5. The van der Waals surface area contributed by atoms with Gasteiger partial charge in [0.1, 0.15) is 29.3 Å². The van der Waals surface area contributed by atoms with Crippen LogP contribution < -0.4 is 10.5 Å². The number of nitrogens with two attached hydrogens (primary N) is 1. The first-order valence-corrected chi connectivity index (χ1v) is 7.49. The van der Waals surface area contributed by atoms with E-state index in [-0.39, 0.29) is 0 Å². The lowest BCUT2D eigenvalue weighted by Crippen LogP contribution is -1.95. The number of hydrogen-bond donors (Lipinski definition) is 1. The van der Waals surface area contributed by atoms with Gasteiger partial charge in [0.15, 0.2) is 5.65 Å². The summed E-state index contributed by atoms with van der Waals surface area (Å²) in [5.41, 5.74) is 8.41. The molecule has 0 atom stereocenters. The van der Waals surface area contributed by atoms with E-state index >= 15 is 0 Å². The summed E-state index contributed by atoms with van der Waals surface area (Å²) in [5, 5.41) is 5.29. The molecule has 0 spiro atoms. The molecule has 0 amide bonds. The van der Waals surface area contributed by atoms with Crippen molar-refractivity contribution in [3.63, 3.8) is 0 Å². The normalized spacial score (nSPS) is 10.9. The minimum atomic E-state index is 0.424. The van der Waals surface area contributed by atoms with Gasteiger partial charge in [-0.15, -0.1) is 0 Å². The maximum atomic E-state index is 6.01. The minimum Gasteiger partial charge on any atom is -0.457 e. The molecule has 0 saturated carbocycles. The number of aromatic nitrogens is 4. The van der Waals surface area contributed by atoms with Gasteiger partial charge < -0.3 is 10.5 Å². The van der Waals surface area contributed by atoms with E-state index in [4.69, 9.17) is 10.5 Å². The van der Waals surface area contributed by atoms with Crippen molar-refractivity contribution in [3.8, 4) is 22.8 Å². The van der Waals surface area contributed by atoms with Crippen molar-refractivity contribution in [1.82, 2.24) is 19.7 Å². The van der Waals surface area contributed by atoms with E-state index in [1.165, 1.54) is 6.33 Å². The Balaban J connectivity index is 1.71. The van der Waals surface area contributed by atoms with Gasteiger partial charge in [0.2, 0.25) is 0 Å². The number of benzene rings is 2. The Morgan fingerprint density at radius 3 is 2.38 bits per heavy atom. The molecule has 0 aliphatic heterocycles. The van der Waals surface area contributed by atoms with Gasteiger partial charge >= 0.3 is 0 Å². The van der Waals surface area contributed by atoms with Crippen LogP contribution in [-0.4, -0.2) is 19.7 Å². The lowest BCUT2D eigenvalue weighted by Gasteiger charge is -2.06. The maximum Gasteiger partial charge on any atom is 0.163 e. The second-order valence-electron chi connectivity index (χ2n) is 5.37. The number of ether oxygens (including phenoxy) is 1. The highest BCUT2D eigenvalue weighted by molar-refractivity contribution is 5.98. The van der Waals surface area contributed by atoms with Crippen LogP contribution >= 0.6 is 0 Å². The molecule has 0 fully saturated rings. The molecule has 2 aromatic carbocycles. The van der Waals surface area contributed by atoms with Crippen molar-refractivity contribution in [2.24, 2.45) is 7.05 Å². The zero-order valence-corrected chi connectivity index (χ0v) is 13.0. The third kappa shape index (κ3) is 2.44. The zero-order valence-electron chi connectivity index (χ0n) is 13.0. The van der Waals surface area contributed by atoms with Crippen molar-refractivity contribution in [2.75, 3.05) is 5.73 Å². The minimum absolute atomic E-state index is 0.424. The number of fused-ring (bicyclic) bond motifs is 1. The molecule has 6 heteroatoms. The van der Waals surface area contributed by atoms with Gasteiger partial charge in [0.05, 0.1) is 5.39 Å². The van der Waals surface area contributed by atoms with Crippen molar-refractivity contribution in [3.05, 3.63) is 60.9 Å². The molecule has 118 valence electrons. The van der Waals surface area contributed by atoms with Crippen LogP contribution in [0.25, 0.3) is 22.3 Å². The Hall–Kier alpha value is -3.41. The molecular formula is C18H15N5O. The van der Waals surface area contributed by atoms with Crippen LogP contribution in [0.3, 0.4) is 0 Å². The van der Waals surface area contributed by atoms with Crippen LogP contribution in [0.1, 0.15) is 0 Å². The van der Waals surface area contributed by atoms with Crippen molar-refractivity contribution >= 4 is 16.9 Å². The standard InChI is InChI=1S/C18H15N5O/c1-23-18-15(17(19)20-11-21-18)16(22-23)12-7-9-14(10-8-12)24-13-5-3-2-4-6-13/h2-11H,1H3,(H2,19,20,21). The molecule has 24 heavy (non-hydrogen) atoms. The highest BCUT2D eigenvalue weighted by Gasteiger charge is 2.15. The van der Waals surface area contributed by atoms with Gasteiger partial charge in [-0.1, -0.05) is 18.2 Å². The monoisotopic (exact) mass is 317 g/mol. The van der Waals surface area contributed by atoms with Crippen molar-refractivity contribution in [1.29, 1.82) is 0 Å². The predicted molar refractivity (Wildman–Crippen MR) is 92.7 cm³/mol. The number of para-hydroxylation sites is 1. The summed E-state index contributed by atoms with van der Waals surface area (Å²) in [6, 6.07) is 17.4. The summed E-state index contributed by atoms with van der Waals surface area (Å²) in [7, 11) is 1.84. The highest BCUT2D eigenvalue weighted by atomic mass is 16.5. The second kappa shape index (κ2) is 5.66. The molecular weight excluding hydrogens is 302 g/mol. The number of rotatable bonds is 3. The average molecular weight is 317 g/mol. The van der Waals surface area contributed by atoms with Crippen molar-refractivity contribution in [2.45, 2.75) is 0 Å². The number of nitrogens with zero attached hydrogens (tertiary/aromatic N) is 4. The van der Waals surface area contributed by atoms with E-state index in [2.05, 4.69) is 15.1 Å². The Labute approximate surface area is 138 Å². The lowest BCUT2D eigenvalue weighted by atomic mass is 10.1. The molecule has 6 nitrogen and oxygen atoms in total. The Morgan fingerprint density at radius 1 is 0.917 bits per heavy atom. The molecule has 0 aliphatic rings. The van der Waals surface area contributed by atoms with Crippen molar-refractivity contribution < 1.29 is 4.74 Å². The van der Waals surface area contributed by atoms with Crippen LogP contribution in [0.5, 0.6) is 11.5 Å². The van der Waals surface area contributed by atoms with Crippen LogP contribution in [0.2, 0.25) is 0 Å². The fraction of sp³-hybridized carbons (Fsp3) is 0.0556. The molecule has 2 heterocycles. The predicted octanol–water partition coefficient (Wildman–Crippen LogP) is 3.40. The topological polar surface area (TPSA) is 78.9 Å². The quantitative estimate of drug-likeness (QED) is 0.626. The van der Waals surface area contributed by atoms with E-state index in [9.17, 15) is 0 Å². The summed E-state index contributed by atoms with van der Waals surface area (Å²) >= 11 is 0. The largest absolute Gasteiger partial charge is 0.457 e. The molecule has 2 N–H and O–H groups in total. The summed E-state index contributed by atoms with van der Waals surface area (Å²) in [4.78, 5) is 8.31. The smallest absolute Gasteiger partial charge is 0.163 e. The SMILES string of the molecule is Cn1nc(-c2ccc(Oc3ccccc3)cc2)c2c(N)ncnc21. The summed E-state index contributed by atoms with van der Waals surface area (Å²) in [5.74, 6) is 1.98. The Morgan fingerprint density at radius 2 is 1.62 bits per heavy atom. The highest BCUT2D eigenvalue weighted by Crippen LogP contribution is 2.31. The van der Waals surface area contributed by atoms with Gasteiger partial charge in [-0.25, -0.2) is 14.6 Å². The summed E-state index contributed by atoms with van der Waals surface area (Å²) in [6.07, 6.45) is 1.44. The summed E-state index contributed by atoms with van der Waals surface area (Å²) < 4.78 is 7.52. The second-order valence-corrected chi connectivity index (χ2v) is 5.37. The average Bonchev–Trinajstić information content (AvgIpc) is 2.95. The molecule has 4 rings (SSSR count). The lowest BCUT2D eigenvalue weighted by molar-refractivity contribution is 0.483. The van der Waals surface area contributed by atoms with Gasteiger partial charge in [-0.05, 0) is 36.4 Å². The summed E-state index contributed by atoms with van der Waals surface area (Å²) in [6.45, 7) is 0. The van der Waals surface area contributed by atoms with Crippen LogP contribution in [0, 0.1) is 0 Å². The van der Waals surface area contributed by atoms with Crippen LogP contribution in [0.15, 0.2) is 60.9 Å². The number of aryl methyl sites for hydroxylation is 1. The third-order valence-corrected chi connectivity index (χ3v) is 3.76. The van der Waals surface area contributed by atoms with Gasteiger partial charge in [-0.3, -0.25) is 0 Å². The van der Waals surface area contributed by atoms with E-state index in [1.54, 1.807) is 4.68 Å². The zero-order chi connectivity index (χ0) is 16.5. The third-order valence-electron chi connectivity index (χ3n) is 3.76. The van der Waals surface area contributed by atoms with E-state index in [0.29, 0.717) is 11.5 Å². The van der Waals surface area contributed by atoms with Gasteiger partial charge in [0.25, 0.3) is 0 Å². The fourth-order valence-corrected chi connectivity index (χ4v) is 2.62. The molecule has 0 unspecified atom stereocenters. The maximum absolute atomic E-state index is 6.01. The van der Waals surface area contributed by atoms with E-state index < -0.39 is 0 Å². The molecule has 0 bridgehead atoms. The van der Waals surface area contributed by atoms with Gasteiger partial charge in [-0.2, -0.15) is 5.10 Å². The number of nitrogen functional groups attached to an aromatic ring is 1. The van der Waals surface area contributed by atoms with Crippen LogP contribution in [-0.2, 0) is 7.05 Å². The van der Waals surface area contributed by atoms with Gasteiger partial charge in [0, 0.05) is 12.6 Å². The molecule has 2 aromatic heterocycles. The molecule has 0 aliphatic carbocycles. The first-order valence-electron chi connectivity index (χ1n) is 7.49. The molecule has 0 saturated heterocycles. The van der Waals surface area contributed by atoms with E-state index in [1.807, 2.05) is 61.6 Å². The van der Waals surface area contributed by atoms with Crippen LogP contribution in [0.4, 0.5) is 5.82 Å². The van der Waals surface area contributed by atoms with E-state index in [0.717, 1.165) is 28.1 Å². The Kier molecular flexibility index (Phi) is 3.35. The fourth-order valence-electron chi connectivity index (χ4n) is 2.62. The molecule has 0 radical (unpaired) electrons.